The van der Waals surface area contributed by atoms with Gasteiger partial charge < -0.3 is 5.11 Å². The minimum Gasteiger partial charge on any atom is -0.481 e. The van der Waals surface area contributed by atoms with E-state index < -0.39 is 11.9 Å². The van der Waals surface area contributed by atoms with E-state index in [1.54, 1.807) is 11.6 Å². The summed E-state index contributed by atoms with van der Waals surface area (Å²) < 4.78 is 1.69. The van der Waals surface area contributed by atoms with Gasteiger partial charge in [0.05, 0.1) is 5.92 Å². The molecule has 1 N–H and O–H groups in total. The van der Waals surface area contributed by atoms with Crippen LogP contribution in [0.2, 0.25) is 0 Å². The van der Waals surface area contributed by atoms with E-state index in [0.29, 0.717) is 0 Å². The first-order valence-electron chi connectivity index (χ1n) is 5.60. The van der Waals surface area contributed by atoms with E-state index in [2.05, 4.69) is 17.0 Å². The highest BCUT2D eigenvalue weighted by Crippen LogP contribution is 2.22. The fourth-order valence-electron chi connectivity index (χ4n) is 1.61. The Morgan fingerprint density at radius 1 is 1.50 bits per heavy atom. The first kappa shape index (κ1) is 12.7. The molecule has 0 aromatic carbocycles. The molecule has 1 heterocycles. The van der Waals surface area contributed by atoms with Crippen LogP contribution in [0.25, 0.3) is 0 Å². The smallest absolute Gasteiger partial charge is 0.306 e. The third-order valence-electron chi connectivity index (χ3n) is 2.86. The van der Waals surface area contributed by atoms with Crippen LogP contribution in [0, 0.1) is 5.92 Å². The van der Waals surface area contributed by atoms with E-state index in [4.69, 9.17) is 5.11 Å². The van der Waals surface area contributed by atoms with Gasteiger partial charge in [-0.05, 0) is 6.42 Å². The van der Waals surface area contributed by atoms with E-state index in [9.17, 15) is 4.79 Å². The summed E-state index contributed by atoms with van der Waals surface area (Å²) in [6, 6.07) is 0. The van der Waals surface area contributed by atoms with E-state index in [1.807, 2.05) is 14.0 Å². The zero-order valence-corrected chi connectivity index (χ0v) is 10.3. The maximum absolute atomic E-state index is 10.9. The predicted octanol–water partition coefficient (Wildman–Crippen LogP) is 1.59. The third-order valence-corrected chi connectivity index (χ3v) is 2.86. The Labute approximate surface area is 95.5 Å². The lowest BCUT2D eigenvalue weighted by Crippen LogP contribution is -2.19. The lowest BCUT2D eigenvalue weighted by molar-refractivity contribution is -0.141. The van der Waals surface area contributed by atoms with Crippen molar-refractivity contribution in [1.82, 2.24) is 14.8 Å². The van der Waals surface area contributed by atoms with Crippen molar-refractivity contribution < 1.29 is 9.90 Å². The summed E-state index contributed by atoms with van der Waals surface area (Å²) in [6.07, 6.45) is 1.83. The van der Waals surface area contributed by atoms with Crippen molar-refractivity contribution in [1.29, 1.82) is 0 Å². The normalized spacial score (nSPS) is 14.8. The Hall–Kier alpha value is -1.39. The molecule has 0 aliphatic rings. The van der Waals surface area contributed by atoms with Crippen molar-refractivity contribution in [2.24, 2.45) is 13.0 Å². The highest BCUT2D eigenvalue weighted by atomic mass is 16.4. The molecule has 5 nitrogen and oxygen atoms in total. The molecule has 1 aromatic heterocycles. The molecular weight excluding hydrogens is 206 g/mol. The van der Waals surface area contributed by atoms with E-state index in [-0.39, 0.29) is 5.92 Å². The van der Waals surface area contributed by atoms with E-state index in [0.717, 1.165) is 24.5 Å². The van der Waals surface area contributed by atoms with Crippen LogP contribution in [0.1, 0.15) is 44.8 Å². The van der Waals surface area contributed by atoms with Crippen LogP contribution in [0.5, 0.6) is 0 Å². The molecule has 5 heteroatoms. The van der Waals surface area contributed by atoms with Crippen LogP contribution in [-0.2, 0) is 18.3 Å². The molecular formula is C11H19N3O2. The molecule has 0 amide bonds. The lowest BCUT2D eigenvalue weighted by Gasteiger charge is -2.14. The van der Waals surface area contributed by atoms with Crippen LogP contribution < -0.4 is 0 Å². The highest BCUT2D eigenvalue weighted by molar-refractivity contribution is 5.70. The first-order valence-corrected chi connectivity index (χ1v) is 5.60. The second-order valence-corrected chi connectivity index (χ2v) is 4.18. The van der Waals surface area contributed by atoms with Crippen molar-refractivity contribution >= 4 is 5.97 Å². The summed E-state index contributed by atoms with van der Waals surface area (Å²) in [4.78, 5) is 15.3. The third kappa shape index (κ3) is 2.59. The van der Waals surface area contributed by atoms with Gasteiger partial charge in [0.15, 0.2) is 5.82 Å². The van der Waals surface area contributed by atoms with Gasteiger partial charge in [-0.15, -0.1) is 0 Å². The number of aryl methyl sites for hydroxylation is 2. The second kappa shape index (κ2) is 5.09. The van der Waals surface area contributed by atoms with Gasteiger partial charge in [-0.25, -0.2) is 4.98 Å². The number of hydrogen-bond acceptors (Lipinski definition) is 3. The second-order valence-electron chi connectivity index (χ2n) is 4.18. The van der Waals surface area contributed by atoms with Gasteiger partial charge in [0.1, 0.15) is 5.82 Å². The van der Waals surface area contributed by atoms with E-state index >= 15 is 0 Å². The zero-order chi connectivity index (χ0) is 12.3. The fraction of sp³-hybridized carbons (Fsp3) is 0.727. The van der Waals surface area contributed by atoms with Crippen LogP contribution in [0.4, 0.5) is 0 Å². The number of aromatic nitrogens is 3. The SMILES string of the molecule is CCCc1nc(C(C)C(C)C(=O)O)n(C)n1. The number of carboxylic acids is 1. The molecule has 0 fully saturated rings. The monoisotopic (exact) mass is 225 g/mol. The molecule has 0 spiro atoms. The van der Waals surface area contributed by atoms with Gasteiger partial charge in [0, 0.05) is 19.4 Å². The molecule has 0 saturated carbocycles. The summed E-state index contributed by atoms with van der Waals surface area (Å²) >= 11 is 0. The number of carbonyl (C=O) groups is 1. The van der Waals surface area contributed by atoms with E-state index in [1.165, 1.54) is 0 Å². The first-order chi connectivity index (χ1) is 7.47. The Bertz CT molecular complexity index is 373. The minimum atomic E-state index is -0.799. The van der Waals surface area contributed by atoms with Gasteiger partial charge in [0.25, 0.3) is 0 Å². The van der Waals surface area contributed by atoms with Crippen molar-refractivity contribution in [2.75, 3.05) is 0 Å². The number of aliphatic carboxylic acids is 1. The number of nitrogens with zero attached hydrogens (tertiary/aromatic N) is 3. The lowest BCUT2D eigenvalue weighted by atomic mass is 9.95. The van der Waals surface area contributed by atoms with Gasteiger partial charge in [-0.3, -0.25) is 9.48 Å². The molecule has 1 aromatic rings. The molecule has 16 heavy (non-hydrogen) atoms. The number of hydrogen-bond donors (Lipinski definition) is 1. The van der Waals surface area contributed by atoms with Gasteiger partial charge in [-0.1, -0.05) is 20.8 Å². The van der Waals surface area contributed by atoms with Crippen molar-refractivity contribution in [2.45, 2.75) is 39.5 Å². The highest BCUT2D eigenvalue weighted by Gasteiger charge is 2.25. The standard InChI is InChI=1S/C11H19N3O2/c1-5-6-9-12-10(14(4)13-9)7(2)8(3)11(15)16/h7-8H,5-6H2,1-4H3,(H,15,16). The Morgan fingerprint density at radius 3 is 2.62 bits per heavy atom. The Kier molecular flexibility index (Phi) is 4.04. The largest absolute Gasteiger partial charge is 0.481 e. The molecule has 90 valence electrons. The Balaban J connectivity index is 2.90. The summed E-state index contributed by atoms with van der Waals surface area (Å²) in [5.74, 6) is 0.174. The quantitative estimate of drug-likeness (QED) is 0.826. The predicted molar refractivity (Wildman–Crippen MR) is 60.2 cm³/mol. The summed E-state index contributed by atoms with van der Waals surface area (Å²) in [7, 11) is 1.81. The maximum Gasteiger partial charge on any atom is 0.306 e. The zero-order valence-electron chi connectivity index (χ0n) is 10.3. The average molecular weight is 225 g/mol. The minimum absolute atomic E-state index is 0.124. The van der Waals surface area contributed by atoms with Gasteiger partial charge >= 0.3 is 5.97 Å². The van der Waals surface area contributed by atoms with Crippen LogP contribution >= 0.6 is 0 Å². The molecule has 2 atom stereocenters. The molecule has 2 unspecified atom stereocenters. The average Bonchev–Trinajstić information content (AvgIpc) is 2.58. The number of rotatable bonds is 5. The van der Waals surface area contributed by atoms with Crippen LogP contribution in [0.3, 0.4) is 0 Å². The summed E-state index contributed by atoms with van der Waals surface area (Å²) in [6.45, 7) is 5.64. The molecule has 0 bridgehead atoms. The van der Waals surface area contributed by atoms with Crippen molar-refractivity contribution in [3.8, 4) is 0 Å². The molecule has 0 aliphatic carbocycles. The molecule has 0 saturated heterocycles. The number of carboxylic acid groups (broad SMARTS) is 1. The maximum atomic E-state index is 10.9. The molecule has 0 radical (unpaired) electrons. The summed E-state index contributed by atoms with van der Waals surface area (Å²) in [5, 5.41) is 13.2. The topological polar surface area (TPSA) is 68.0 Å². The molecule has 0 aliphatic heterocycles. The van der Waals surface area contributed by atoms with Gasteiger partial charge in [0.2, 0.25) is 0 Å². The fourth-order valence-corrected chi connectivity index (χ4v) is 1.61. The molecule has 1 rings (SSSR count). The van der Waals surface area contributed by atoms with Crippen molar-refractivity contribution in [3.05, 3.63) is 11.6 Å². The van der Waals surface area contributed by atoms with Gasteiger partial charge in [-0.2, -0.15) is 5.10 Å². The van der Waals surface area contributed by atoms with Crippen LogP contribution in [0.15, 0.2) is 0 Å². The Morgan fingerprint density at radius 2 is 2.12 bits per heavy atom. The van der Waals surface area contributed by atoms with Crippen molar-refractivity contribution in [3.63, 3.8) is 0 Å². The van der Waals surface area contributed by atoms with Crippen LogP contribution in [-0.4, -0.2) is 25.8 Å². The summed E-state index contributed by atoms with van der Waals surface area (Å²) in [5.41, 5.74) is 0.